The summed E-state index contributed by atoms with van der Waals surface area (Å²) >= 11 is 0. The SMILES string of the molecule is c1cnc2cc3ccc(-c4nc(-c5cc(-c6c7cccnc7cc7cccnc67)cc(-c6c7cccnc7cc7cccnc67)c5)nc(-c5ccc6cc7ncccc7cc6c5)n4)cc3cc2c1. The van der Waals surface area contributed by atoms with Crippen molar-refractivity contribution < 1.29 is 0 Å². The molecule has 9 nitrogen and oxygen atoms in total. The Hall–Kier alpha value is -9.47. The van der Waals surface area contributed by atoms with E-state index < -0.39 is 0 Å². The lowest BCUT2D eigenvalue weighted by Gasteiger charge is -2.16. The van der Waals surface area contributed by atoms with Crippen LogP contribution in [0.25, 0.3) is 143 Å². The van der Waals surface area contributed by atoms with Crippen LogP contribution in [-0.4, -0.2) is 44.9 Å². The molecule has 0 bridgehead atoms. The Balaban J connectivity index is 1.07. The fourth-order valence-corrected chi connectivity index (χ4v) is 9.83. The van der Waals surface area contributed by atoms with E-state index in [2.05, 4.69) is 137 Å². The lowest BCUT2D eigenvalue weighted by Crippen LogP contribution is -2.01. The van der Waals surface area contributed by atoms with E-state index in [1.807, 2.05) is 73.6 Å². The highest BCUT2D eigenvalue weighted by atomic mass is 15.0. The van der Waals surface area contributed by atoms with E-state index in [1.165, 1.54) is 0 Å². The highest BCUT2D eigenvalue weighted by Gasteiger charge is 2.21. The van der Waals surface area contributed by atoms with Gasteiger partial charge in [0.2, 0.25) is 0 Å². The number of hydrogen-bond donors (Lipinski definition) is 0. The molecule has 0 saturated heterocycles. The van der Waals surface area contributed by atoms with Gasteiger partial charge >= 0.3 is 0 Å². The standard InChI is InChI=1S/C59H33N9/c1-7-36-23-42-25-40(15-13-34(42)30-49(36)60-17-1)57-66-58(41-16-14-35-31-50-37(8-2-18-61-50)24-43(35)26-41)68-59(67-57)46-28-44(53-47-11-5-19-62-51(47)32-38-9-3-21-64-55(38)53)27-45(29-46)54-48-12-6-20-63-52(48)33-39-10-4-22-65-56(39)54/h1-33H. The zero-order valence-corrected chi connectivity index (χ0v) is 36.1. The zero-order valence-electron chi connectivity index (χ0n) is 36.1. The Morgan fingerprint density at radius 3 is 1.10 bits per heavy atom. The summed E-state index contributed by atoms with van der Waals surface area (Å²) in [5, 5.41) is 10.4. The van der Waals surface area contributed by atoms with Crippen LogP contribution in [-0.2, 0) is 0 Å². The van der Waals surface area contributed by atoms with Crippen molar-refractivity contribution in [2.45, 2.75) is 0 Å². The number of hydrogen-bond acceptors (Lipinski definition) is 9. The first kappa shape index (κ1) is 37.9. The lowest BCUT2D eigenvalue weighted by atomic mass is 9.90. The summed E-state index contributed by atoms with van der Waals surface area (Å²) in [6.45, 7) is 0. The van der Waals surface area contributed by atoms with Gasteiger partial charge in [-0.1, -0.05) is 60.7 Å². The van der Waals surface area contributed by atoms with Gasteiger partial charge in [0, 0.05) is 97.3 Å². The third-order valence-electron chi connectivity index (χ3n) is 13.0. The molecule has 0 N–H and O–H groups in total. The molecule has 314 valence electrons. The van der Waals surface area contributed by atoms with Gasteiger partial charge in [0.15, 0.2) is 17.5 Å². The van der Waals surface area contributed by atoms with Gasteiger partial charge in [-0.05, 0) is 136 Å². The highest BCUT2D eigenvalue weighted by molar-refractivity contribution is 6.14. The maximum atomic E-state index is 5.39. The number of nitrogens with zero attached hydrogens (tertiary/aromatic N) is 9. The van der Waals surface area contributed by atoms with Crippen molar-refractivity contribution in [3.05, 3.63) is 201 Å². The van der Waals surface area contributed by atoms with E-state index in [0.717, 1.165) is 126 Å². The molecule has 14 rings (SSSR count). The predicted molar refractivity (Wildman–Crippen MR) is 274 cm³/mol. The van der Waals surface area contributed by atoms with Gasteiger partial charge in [0.1, 0.15) is 0 Å². The van der Waals surface area contributed by atoms with Crippen molar-refractivity contribution in [2.24, 2.45) is 0 Å². The minimum Gasteiger partial charge on any atom is -0.256 e. The molecule has 7 heterocycles. The third kappa shape index (κ3) is 6.29. The van der Waals surface area contributed by atoms with E-state index in [4.69, 9.17) is 34.9 Å². The minimum atomic E-state index is 0.518. The molecule has 0 atom stereocenters. The Bertz CT molecular complexity index is 4030. The molecular weight excluding hydrogens is 835 g/mol. The van der Waals surface area contributed by atoms with Crippen molar-refractivity contribution in [1.29, 1.82) is 0 Å². The molecule has 9 heteroatoms. The fraction of sp³-hybridized carbons (Fsp3) is 0. The van der Waals surface area contributed by atoms with Crippen LogP contribution >= 0.6 is 0 Å². The number of pyridine rings is 6. The van der Waals surface area contributed by atoms with Gasteiger partial charge in [0.25, 0.3) is 0 Å². The van der Waals surface area contributed by atoms with Crippen molar-refractivity contribution in [3.8, 4) is 56.4 Å². The van der Waals surface area contributed by atoms with Crippen LogP contribution in [0.5, 0.6) is 0 Å². The van der Waals surface area contributed by atoms with E-state index >= 15 is 0 Å². The number of benzene rings is 7. The van der Waals surface area contributed by atoms with E-state index in [0.29, 0.717) is 17.5 Å². The summed E-state index contributed by atoms with van der Waals surface area (Å²) in [5.74, 6) is 1.62. The molecule has 68 heavy (non-hydrogen) atoms. The summed E-state index contributed by atoms with van der Waals surface area (Å²) in [7, 11) is 0. The molecule has 0 saturated carbocycles. The predicted octanol–water partition coefficient (Wildman–Crippen LogP) is 13.8. The van der Waals surface area contributed by atoms with Crippen LogP contribution in [0.2, 0.25) is 0 Å². The fourth-order valence-electron chi connectivity index (χ4n) is 9.83. The Kier molecular flexibility index (Phi) is 8.38. The summed E-state index contributed by atoms with van der Waals surface area (Å²) in [6, 6.07) is 56.6. The first-order chi connectivity index (χ1) is 33.6. The average molecular weight is 868 g/mol. The Labute approximate surface area is 387 Å². The maximum Gasteiger partial charge on any atom is 0.164 e. The van der Waals surface area contributed by atoms with Crippen LogP contribution in [0, 0.1) is 0 Å². The quantitative estimate of drug-likeness (QED) is 0.156. The molecule has 0 unspecified atom stereocenters. The van der Waals surface area contributed by atoms with Crippen molar-refractivity contribution in [2.75, 3.05) is 0 Å². The number of fused-ring (bicyclic) bond motifs is 8. The van der Waals surface area contributed by atoms with Gasteiger partial charge < -0.3 is 0 Å². The molecule has 0 spiro atoms. The van der Waals surface area contributed by atoms with Gasteiger partial charge in [-0.3, -0.25) is 29.9 Å². The van der Waals surface area contributed by atoms with E-state index in [9.17, 15) is 0 Å². The summed E-state index contributed by atoms with van der Waals surface area (Å²) in [4.78, 5) is 45.0. The van der Waals surface area contributed by atoms with Crippen LogP contribution in [0.1, 0.15) is 0 Å². The summed E-state index contributed by atoms with van der Waals surface area (Å²) in [5.41, 5.74) is 11.7. The van der Waals surface area contributed by atoms with Gasteiger partial charge in [-0.15, -0.1) is 0 Å². The van der Waals surface area contributed by atoms with Crippen LogP contribution in [0.3, 0.4) is 0 Å². The highest BCUT2D eigenvalue weighted by Crippen LogP contribution is 2.42. The van der Waals surface area contributed by atoms with Gasteiger partial charge in [-0.2, -0.15) is 0 Å². The smallest absolute Gasteiger partial charge is 0.164 e. The van der Waals surface area contributed by atoms with Crippen LogP contribution < -0.4 is 0 Å². The molecule has 7 aromatic carbocycles. The number of rotatable bonds is 5. The molecule has 0 fully saturated rings. The first-order valence-corrected chi connectivity index (χ1v) is 22.4. The Morgan fingerprint density at radius 2 is 0.618 bits per heavy atom. The van der Waals surface area contributed by atoms with Gasteiger partial charge in [0.05, 0.1) is 33.1 Å². The van der Waals surface area contributed by atoms with Crippen molar-refractivity contribution in [1.82, 2.24) is 44.9 Å². The monoisotopic (exact) mass is 867 g/mol. The summed E-state index contributed by atoms with van der Waals surface area (Å²) < 4.78 is 0. The second kappa shape index (κ2) is 15.0. The number of aromatic nitrogens is 9. The van der Waals surface area contributed by atoms with Crippen molar-refractivity contribution in [3.63, 3.8) is 0 Å². The molecule has 14 aromatic rings. The molecule has 0 radical (unpaired) electrons. The van der Waals surface area contributed by atoms with E-state index in [1.54, 1.807) is 0 Å². The zero-order chi connectivity index (χ0) is 44.7. The van der Waals surface area contributed by atoms with Gasteiger partial charge in [-0.25, -0.2) is 15.0 Å². The maximum absolute atomic E-state index is 5.39. The third-order valence-corrected chi connectivity index (χ3v) is 13.0. The molecule has 0 aliphatic heterocycles. The lowest BCUT2D eigenvalue weighted by molar-refractivity contribution is 1.08. The molecular formula is C59H33N9. The van der Waals surface area contributed by atoms with Crippen molar-refractivity contribution >= 4 is 87.0 Å². The van der Waals surface area contributed by atoms with Crippen LogP contribution in [0.4, 0.5) is 0 Å². The topological polar surface area (TPSA) is 116 Å². The molecule has 0 amide bonds. The molecule has 7 aromatic heterocycles. The van der Waals surface area contributed by atoms with Crippen LogP contribution in [0.15, 0.2) is 201 Å². The second-order valence-corrected chi connectivity index (χ2v) is 17.1. The largest absolute Gasteiger partial charge is 0.256 e. The molecule has 0 aliphatic carbocycles. The average Bonchev–Trinajstić information content (AvgIpc) is 3.39. The molecule has 0 aliphatic rings. The normalized spacial score (nSPS) is 11.8. The minimum absolute atomic E-state index is 0.518. The summed E-state index contributed by atoms with van der Waals surface area (Å²) in [6.07, 6.45) is 11.0. The van der Waals surface area contributed by atoms with E-state index in [-0.39, 0.29) is 0 Å². The Morgan fingerprint density at radius 1 is 0.235 bits per heavy atom. The second-order valence-electron chi connectivity index (χ2n) is 17.1. The first-order valence-electron chi connectivity index (χ1n) is 22.4.